The molecule has 5 aromatic rings. The summed E-state index contributed by atoms with van der Waals surface area (Å²) in [6.07, 6.45) is 0. The maximum atomic E-state index is 4.27. The maximum Gasteiger partial charge on any atom is 0.0540 e. The van der Waals surface area contributed by atoms with Crippen LogP contribution in [0.4, 0.5) is 0 Å². The van der Waals surface area contributed by atoms with E-state index < -0.39 is 0 Å². The predicted molar refractivity (Wildman–Crippen MR) is 106 cm³/mol. The number of thiophene rings is 1. The minimum atomic E-state index is 0.954. The van der Waals surface area contributed by atoms with Gasteiger partial charge in [-0.25, -0.2) is 0 Å². The fourth-order valence-corrected chi connectivity index (χ4v) is 4.59. The number of para-hydroxylation sites is 1. The summed E-state index contributed by atoms with van der Waals surface area (Å²) in [5.74, 6) is 0. The summed E-state index contributed by atoms with van der Waals surface area (Å²) in [5.41, 5.74) is 2.30. The highest BCUT2D eigenvalue weighted by Crippen LogP contribution is 2.34. The number of aromatic nitrogens is 1. The zero-order valence-corrected chi connectivity index (χ0v) is 13.9. The number of hydrogen-bond donors (Lipinski definition) is 0. The Morgan fingerprint density at radius 3 is 2.29 bits per heavy atom. The van der Waals surface area contributed by atoms with Gasteiger partial charge < -0.3 is 4.57 Å². The third-order valence-corrected chi connectivity index (χ3v) is 5.86. The molecule has 0 aliphatic rings. The van der Waals surface area contributed by atoms with Crippen molar-refractivity contribution in [2.24, 2.45) is 0 Å². The summed E-state index contributed by atoms with van der Waals surface area (Å²) < 4.78 is 4.86. The van der Waals surface area contributed by atoms with Crippen LogP contribution in [0.1, 0.15) is 0 Å². The standard InChI is InChI=1S/C22H15NS/c1-14-15(2)23(20-9-5-3-7-17(14)20)16-11-12-22-19(13-16)18-8-4-6-10-21(18)24-22/h3-13H,1-2H2. The molecule has 2 aromatic heterocycles. The monoisotopic (exact) mass is 325 g/mol. The molecule has 0 bridgehead atoms. The fourth-order valence-electron chi connectivity index (χ4n) is 3.51. The Morgan fingerprint density at radius 1 is 0.708 bits per heavy atom. The van der Waals surface area contributed by atoms with Crippen molar-refractivity contribution in [1.82, 2.24) is 4.57 Å². The van der Waals surface area contributed by atoms with Gasteiger partial charge in [-0.3, -0.25) is 0 Å². The molecule has 0 atom stereocenters. The van der Waals surface area contributed by atoms with E-state index in [4.69, 9.17) is 0 Å². The first kappa shape index (κ1) is 13.6. The summed E-state index contributed by atoms with van der Waals surface area (Å²) >= 11 is 1.84. The van der Waals surface area contributed by atoms with Crippen LogP contribution in [0.15, 0.2) is 66.7 Å². The zero-order chi connectivity index (χ0) is 16.3. The quantitative estimate of drug-likeness (QED) is 0.416. The molecule has 5 rings (SSSR count). The predicted octanol–water partition coefficient (Wildman–Crippen LogP) is 4.82. The summed E-state index contributed by atoms with van der Waals surface area (Å²) in [4.78, 5) is 0. The van der Waals surface area contributed by atoms with Gasteiger partial charge in [-0.05, 0) is 30.3 Å². The van der Waals surface area contributed by atoms with Gasteiger partial charge in [0.15, 0.2) is 0 Å². The van der Waals surface area contributed by atoms with Crippen molar-refractivity contribution < 1.29 is 0 Å². The first-order chi connectivity index (χ1) is 11.7. The Morgan fingerprint density at radius 2 is 1.42 bits per heavy atom. The lowest BCUT2D eigenvalue weighted by molar-refractivity contribution is 1.08. The van der Waals surface area contributed by atoms with Gasteiger partial charge in [-0.2, -0.15) is 0 Å². The van der Waals surface area contributed by atoms with E-state index >= 15 is 0 Å². The van der Waals surface area contributed by atoms with Gasteiger partial charge >= 0.3 is 0 Å². The molecule has 0 unspecified atom stereocenters. The minimum Gasteiger partial charge on any atom is -0.310 e. The van der Waals surface area contributed by atoms with Crippen LogP contribution in [0.3, 0.4) is 0 Å². The molecule has 0 radical (unpaired) electrons. The third kappa shape index (κ3) is 1.75. The summed E-state index contributed by atoms with van der Waals surface area (Å²) in [5, 5.41) is 5.74. The molecule has 0 amide bonds. The van der Waals surface area contributed by atoms with Crippen molar-refractivity contribution in [2.45, 2.75) is 0 Å². The van der Waals surface area contributed by atoms with Crippen molar-refractivity contribution in [1.29, 1.82) is 0 Å². The topological polar surface area (TPSA) is 4.93 Å². The lowest BCUT2D eigenvalue weighted by atomic mass is 10.1. The van der Waals surface area contributed by atoms with Crippen LogP contribution in [-0.2, 0) is 0 Å². The Kier molecular flexibility index (Phi) is 2.73. The second kappa shape index (κ2) is 4.83. The van der Waals surface area contributed by atoms with E-state index in [9.17, 15) is 0 Å². The molecular weight excluding hydrogens is 310 g/mol. The highest BCUT2D eigenvalue weighted by molar-refractivity contribution is 7.25. The van der Waals surface area contributed by atoms with Gasteiger partial charge in [-0.1, -0.05) is 49.6 Å². The summed E-state index contributed by atoms with van der Waals surface area (Å²) in [6, 6.07) is 23.6. The molecule has 114 valence electrons. The van der Waals surface area contributed by atoms with E-state index in [1.807, 2.05) is 11.3 Å². The first-order valence-electron chi connectivity index (χ1n) is 7.93. The highest BCUT2D eigenvalue weighted by Gasteiger charge is 2.10. The number of nitrogens with zero attached hydrogens (tertiary/aromatic N) is 1. The number of rotatable bonds is 1. The van der Waals surface area contributed by atoms with Crippen molar-refractivity contribution in [3.05, 3.63) is 77.3 Å². The molecule has 0 N–H and O–H groups in total. The molecular formula is C22H15NS. The average molecular weight is 325 g/mol. The Labute approximate surface area is 143 Å². The van der Waals surface area contributed by atoms with E-state index in [0.29, 0.717) is 0 Å². The Bertz CT molecular complexity index is 1340. The van der Waals surface area contributed by atoms with Crippen LogP contribution >= 0.6 is 11.3 Å². The van der Waals surface area contributed by atoms with Crippen LogP contribution in [0.2, 0.25) is 0 Å². The van der Waals surface area contributed by atoms with Crippen molar-refractivity contribution in [3.63, 3.8) is 0 Å². The van der Waals surface area contributed by atoms with Gasteiger partial charge in [0.25, 0.3) is 0 Å². The van der Waals surface area contributed by atoms with E-state index in [1.54, 1.807) is 0 Å². The lowest BCUT2D eigenvalue weighted by Gasteiger charge is -2.06. The number of hydrogen-bond acceptors (Lipinski definition) is 1. The second-order valence-electron chi connectivity index (χ2n) is 6.06. The van der Waals surface area contributed by atoms with Gasteiger partial charge in [0.2, 0.25) is 0 Å². The van der Waals surface area contributed by atoms with Crippen molar-refractivity contribution >= 4 is 55.6 Å². The molecule has 0 saturated heterocycles. The van der Waals surface area contributed by atoms with Crippen LogP contribution < -0.4 is 10.6 Å². The molecule has 24 heavy (non-hydrogen) atoms. The Balaban J connectivity index is 1.91. The van der Waals surface area contributed by atoms with Gasteiger partial charge in [0.1, 0.15) is 0 Å². The molecule has 0 aliphatic heterocycles. The number of fused-ring (bicyclic) bond motifs is 4. The van der Waals surface area contributed by atoms with E-state index in [-0.39, 0.29) is 0 Å². The minimum absolute atomic E-state index is 0.954. The summed E-state index contributed by atoms with van der Waals surface area (Å²) in [6.45, 7) is 8.48. The largest absolute Gasteiger partial charge is 0.310 e. The Hall–Kier alpha value is -2.84. The van der Waals surface area contributed by atoms with Crippen molar-refractivity contribution in [2.75, 3.05) is 0 Å². The molecule has 2 heteroatoms. The molecule has 3 aromatic carbocycles. The van der Waals surface area contributed by atoms with Crippen LogP contribution in [0.5, 0.6) is 0 Å². The molecule has 0 saturated carbocycles. The average Bonchev–Trinajstić information content (AvgIpc) is 3.11. The molecule has 0 spiro atoms. The first-order valence-corrected chi connectivity index (χ1v) is 8.75. The summed E-state index contributed by atoms with van der Waals surface area (Å²) in [7, 11) is 0. The van der Waals surface area contributed by atoms with Crippen LogP contribution in [-0.4, -0.2) is 4.57 Å². The second-order valence-corrected chi connectivity index (χ2v) is 7.14. The van der Waals surface area contributed by atoms with E-state index in [2.05, 4.69) is 84.5 Å². The van der Waals surface area contributed by atoms with Crippen LogP contribution in [0.25, 0.3) is 49.9 Å². The smallest absolute Gasteiger partial charge is 0.0540 e. The molecule has 1 nitrogen and oxygen atoms in total. The van der Waals surface area contributed by atoms with Crippen LogP contribution in [0, 0.1) is 0 Å². The SMILES string of the molecule is C=c1c(=C)n(-c2ccc3sc4ccccc4c3c2)c2ccccc12. The van der Waals surface area contributed by atoms with Gasteiger partial charge in [-0.15, -0.1) is 11.3 Å². The van der Waals surface area contributed by atoms with Crippen molar-refractivity contribution in [3.8, 4) is 5.69 Å². The zero-order valence-electron chi connectivity index (χ0n) is 13.1. The molecule has 0 fully saturated rings. The lowest BCUT2D eigenvalue weighted by Crippen LogP contribution is -2.25. The maximum absolute atomic E-state index is 4.27. The third-order valence-electron chi connectivity index (χ3n) is 4.71. The van der Waals surface area contributed by atoms with Gasteiger partial charge in [0, 0.05) is 41.8 Å². The normalized spacial score (nSPS) is 11.7. The highest BCUT2D eigenvalue weighted by atomic mass is 32.1. The van der Waals surface area contributed by atoms with E-state index in [1.165, 1.54) is 20.2 Å². The fraction of sp³-hybridized carbons (Fsp3) is 0. The number of benzene rings is 3. The van der Waals surface area contributed by atoms with Gasteiger partial charge in [0.05, 0.1) is 5.52 Å². The van der Waals surface area contributed by atoms with E-state index in [0.717, 1.165) is 27.2 Å². The molecule has 0 aliphatic carbocycles. The molecule has 2 heterocycles.